The number of urea groups is 1. The first-order valence-corrected chi connectivity index (χ1v) is 9.40. The van der Waals surface area contributed by atoms with E-state index < -0.39 is 0 Å². The van der Waals surface area contributed by atoms with Gasteiger partial charge in [0.2, 0.25) is 5.91 Å². The second kappa shape index (κ2) is 9.00. The lowest BCUT2D eigenvalue weighted by atomic mass is 10.2. The minimum atomic E-state index is -0.203. The molecule has 2 aliphatic rings. The highest BCUT2D eigenvalue weighted by molar-refractivity contribution is 5.96. The molecule has 2 N–H and O–H groups in total. The average molecular weight is 360 g/mol. The Morgan fingerprint density at radius 1 is 1.23 bits per heavy atom. The Balaban J connectivity index is 1.39. The summed E-state index contributed by atoms with van der Waals surface area (Å²) in [6, 6.07) is 7.46. The Labute approximate surface area is 154 Å². The van der Waals surface area contributed by atoms with Gasteiger partial charge in [0.25, 0.3) is 0 Å². The van der Waals surface area contributed by atoms with Gasteiger partial charge >= 0.3 is 6.03 Å². The maximum atomic E-state index is 12.0. The largest absolute Gasteiger partial charge is 0.379 e. The molecule has 2 aliphatic heterocycles. The molecular weight excluding hydrogens is 332 g/mol. The van der Waals surface area contributed by atoms with Crippen LogP contribution in [0.5, 0.6) is 0 Å². The van der Waals surface area contributed by atoms with E-state index in [4.69, 9.17) is 4.74 Å². The van der Waals surface area contributed by atoms with Gasteiger partial charge in [0.05, 0.1) is 13.2 Å². The van der Waals surface area contributed by atoms with E-state index in [0.29, 0.717) is 13.0 Å². The molecule has 0 radical (unpaired) electrons. The number of hydrogen-bond acceptors (Lipinski definition) is 4. The number of benzene rings is 1. The molecule has 1 aromatic carbocycles. The van der Waals surface area contributed by atoms with Crippen LogP contribution in [0.3, 0.4) is 0 Å². The minimum absolute atomic E-state index is 0.163. The van der Waals surface area contributed by atoms with Crippen molar-refractivity contribution in [1.29, 1.82) is 0 Å². The van der Waals surface area contributed by atoms with Gasteiger partial charge in [-0.1, -0.05) is 0 Å². The first kappa shape index (κ1) is 18.7. The topological polar surface area (TPSA) is 73.9 Å². The minimum Gasteiger partial charge on any atom is -0.379 e. The zero-order chi connectivity index (χ0) is 18.4. The fraction of sp³-hybridized carbons (Fsp3) is 0.579. The second-order valence-corrected chi connectivity index (χ2v) is 6.89. The highest BCUT2D eigenvalue weighted by atomic mass is 16.5. The van der Waals surface area contributed by atoms with Gasteiger partial charge in [0.15, 0.2) is 0 Å². The number of amides is 3. The van der Waals surface area contributed by atoms with Crippen LogP contribution in [0.2, 0.25) is 0 Å². The van der Waals surface area contributed by atoms with Crippen LogP contribution >= 0.6 is 0 Å². The molecule has 2 saturated heterocycles. The summed E-state index contributed by atoms with van der Waals surface area (Å²) in [5.74, 6) is 0.163. The molecule has 1 unspecified atom stereocenters. The summed E-state index contributed by atoms with van der Waals surface area (Å²) in [7, 11) is 0. The van der Waals surface area contributed by atoms with Crippen molar-refractivity contribution >= 4 is 23.3 Å². The maximum Gasteiger partial charge on any atom is 0.319 e. The van der Waals surface area contributed by atoms with Crippen molar-refractivity contribution in [3.63, 3.8) is 0 Å². The number of nitrogens with one attached hydrogen (secondary N) is 2. The summed E-state index contributed by atoms with van der Waals surface area (Å²) in [5.41, 5.74) is 1.61. The van der Waals surface area contributed by atoms with E-state index in [1.165, 1.54) is 0 Å². The van der Waals surface area contributed by atoms with E-state index in [1.807, 2.05) is 29.2 Å². The van der Waals surface area contributed by atoms with Crippen molar-refractivity contribution in [1.82, 2.24) is 10.2 Å². The summed E-state index contributed by atoms with van der Waals surface area (Å²) in [6.07, 6.45) is 2.42. The van der Waals surface area contributed by atoms with Crippen molar-refractivity contribution in [2.45, 2.75) is 32.2 Å². The molecule has 0 aromatic heterocycles. The zero-order valence-electron chi connectivity index (χ0n) is 15.4. The molecule has 2 heterocycles. The van der Waals surface area contributed by atoms with E-state index >= 15 is 0 Å². The highest BCUT2D eigenvalue weighted by Crippen LogP contribution is 2.27. The van der Waals surface area contributed by atoms with Crippen LogP contribution in [0.25, 0.3) is 0 Å². The van der Waals surface area contributed by atoms with Gasteiger partial charge in [-0.25, -0.2) is 4.79 Å². The Hall–Kier alpha value is -2.12. The van der Waals surface area contributed by atoms with Crippen molar-refractivity contribution in [3.05, 3.63) is 24.3 Å². The second-order valence-electron chi connectivity index (χ2n) is 6.89. The standard InChI is InChI=1S/C19H28N4O3/c1-15-3-8-18(24)23(15)17-6-4-16(5-7-17)21-19(25)20-9-2-10-22-11-13-26-14-12-22/h4-7,15H,2-3,8-14H2,1H3,(H2,20,21,25). The number of rotatable bonds is 6. The zero-order valence-corrected chi connectivity index (χ0v) is 15.4. The van der Waals surface area contributed by atoms with Crippen molar-refractivity contribution in [2.75, 3.05) is 49.6 Å². The van der Waals surface area contributed by atoms with Gasteiger partial charge in [-0.2, -0.15) is 0 Å². The number of anilines is 2. The summed E-state index contributed by atoms with van der Waals surface area (Å²) >= 11 is 0. The molecule has 0 bridgehead atoms. The number of morpholine rings is 1. The van der Waals surface area contributed by atoms with E-state index in [9.17, 15) is 9.59 Å². The average Bonchev–Trinajstić information content (AvgIpc) is 2.99. The van der Waals surface area contributed by atoms with Crippen LogP contribution in [0, 0.1) is 0 Å². The van der Waals surface area contributed by atoms with Crippen LogP contribution in [-0.4, -0.2) is 62.3 Å². The molecule has 7 nitrogen and oxygen atoms in total. The van der Waals surface area contributed by atoms with Crippen LogP contribution in [0.15, 0.2) is 24.3 Å². The van der Waals surface area contributed by atoms with Crippen LogP contribution < -0.4 is 15.5 Å². The van der Waals surface area contributed by atoms with E-state index in [-0.39, 0.29) is 18.0 Å². The van der Waals surface area contributed by atoms with Crippen molar-refractivity contribution < 1.29 is 14.3 Å². The SMILES string of the molecule is CC1CCC(=O)N1c1ccc(NC(=O)NCCCN2CCOCC2)cc1. The maximum absolute atomic E-state index is 12.0. The summed E-state index contributed by atoms with van der Waals surface area (Å²) in [4.78, 5) is 28.1. The van der Waals surface area contributed by atoms with Crippen LogP contribution in [0.1, 0.15) is 26.2 Å². The smallest absolute Gasteiger partial charge is 0.319 e. The van der Waals surface area contributed by atoms with Crippen LogP contribution in [-0.2, 0) is 9.53 Å². The molecule has 0 spiro atoms. The Kier molecular flexibility index (Phi) is 6.46. The predicted molar refractivity (Wildman–Crippen MR) is 102 cm³/mol. The molecule has 142 valence electrons. The van der Waals surface area contributed by atoms with E-state index in [0.717, 1.165) is 57.1 Å². The third-order valence-electron chi connectivity index (χ3n) is 4.93. The number of ether oxygens (including phenoxy) is 1. The van der Waals surface area contributed by atoms with E-state index in [1.54, 1.807) is 0 Å². The lowest BCUT2D eigenvalue weighted by molar-refractivity contribution is -0.117. The predicted octanol–water partition coefficient (Wildman–Crippen LogP) is 2.05. The normalized spacial score (nSPS) is 21.0. The van der Waals surface area contributed by atoms with Gasteiger partial charge < -0.3 is 20.3 Å². The van der Waals surface area contributed by atoms with Gasteiger partial charge in [-0.05, 0) is 50.6 Å². The molecule has 0 aliphatic carbocycles. The third-order valence-corrected chi connectivity index (χ3v) is 4.93. The first-order chi connectivity index (χ1) is 12.6. The molecule has 26 heavy (non-hydrogen) atoms. The number of nitrogens with zero attached hydrogens (tertiary/aromatic N) is 2. The van der Waals surface area contributed by atoms with Gasteiger partial charge in [-0.15, -0.1) is 0 Å². The molecule has 2 fully saturated rings. The fourth-order valence-electron chi connectivity index (χ4n) is 3.44. The first-order valence-electron chi connectivity index (χ1n) is 9.40. The van der Waals surface area contributed by atoms with Gasteiger partial charge in [-0.3, -0.25) is 9.69 Å². The molecule has 7 heteroatoms. The molecular formula is C19H28N4O3. The summed E-state index contributed by atoms with van der Waals surface area (Å²) < 4.78 is 5.32. The molecule has 0 saturated carbocycles. The number of carbonyl (C=O) groups excluding carboxylic acids is 2. The van der Waals surface area contributed by atoms with Crippen molar-refractivity contribution in [2.24, 2.45) is 0 Å². The Bertz CT molecular complexity index is 614. The monoisotopic (exact) mass is 360 g/mol. The Morgan fingerprint density at radius 2 is 1.96 bits per heavy atom. The molecule has 3 amide bonds. The summed E-state index contributed by atoms with van der Waals surface area (Å²) in [6.45, 7) is 7.20. The number of carbonyl (C=O) groups is 2. The molecule has 1 aromatic rings. The lowest BCUT2D eigenvalue weighted by Crippen LogP contribution is -2.38. The van der Waals surface area contributed by atoms with E-state index in [2.05, 4.69) is 22.5 Å². The molecule has 1 atom stereocenters. The number of hydrogen-bond donors (Lipinski definition) is 2. The lowest BCUT2D eigenvalue weighted by Gasteiger charge is -2.26. The molecule has 3 rings (SSSR count). The van der Waals surface area contributed by atoms with Gasteiger partial charge in [0.1, 0.15) is 0 Å². The fourth-order valence-corrected chi connectivity index (χ4v) is 3.44. The van der Waals surface area contributed by atoms with Crippen LogP contribution in [0.4, 0.5) is 16.2 Å². The Morgan fingerprint density at radius 3 is 2.62 bits per heavy atom. The third kappa shape index (κ3) is 4.95. The van der Waals surface area contributed by atoms with Crippen molar-refractivity contribution in [3.8, 4) is 0 Å². The van der Waals surface area contributed by atoms with Gasteiger partial charge in [0, 0.05) is 43.5 Å². The quantitative estimate of drug-likeness (QED) is 0.762. The highest BCUT2D eigenvalue weighted by Gasteiger charge is 2.28. The summed E-state index contributed by atoms with van der Waals surface area (Å²) in [5, 5.41) is 5.72.